The molecule has 0 heterocycles. The Hall–Kier alpha value is -0.330. The van der Waals surface area contributed by atoms with Crippen LogP contribution in [-0.2, 0) is 4.79 Å². The van der Waals surface area contributed by atoms with Gasteiger partial charge >= 0.3 is 0 Å². The predicted octanol–water partition coefficient (Wildman–Crippen LogP) is 4.84. The summed E-state index contributed by atoms with van der Waals surface area (Å²) in [7, 11) is 0. The minimum atomic E-state index is 0.200. The van der Waals surface area contributed by atoms with Crippen LogP contribution in [0.5, 0.6) is 0 Å². The lowest BCUT2D eigenvalue weighted by Crippen LogP contribution is -2.36. The van der Waals surface area contributed by atoms with Gasteiger partial charge in [0.25, 0.3) is 0 Å². The predicted molar refractivity (Wildman–Crippen MR) is 74.0 cm³/mol. The van der Waals surface area contributed by atoms with Crippen LogP contribution in [0.15, 0.2) is 0 Å². The minimum absolute atomic E-state index is 0.200. The first-order chi connectivity index (χ1) is 7.86. The zero-order valence-electron chi connectivity index (χ0n) is 12.4. The molecule has 0 bridgehead atoms. The van der Waals surface area contributed by atoms with Gasteiger partial charge in [-0.2, -0.15) is 0 Å². The Morgan fingerprint density at radius 2 is 2.00 bits per heavy atom. The third-order valence-corrected chi connectivity index (χ3v) is 4.49. The molecular weight excluding hydrogens is 208 g/mol. The normalized spacial score (nSPS) is 28.2. The molecule has 3 atom stereocenters. The Morgan fingerprint density at radius 1 is 1.35 bits per heavy atom. The van der Waals surface area contributed by atoms with Gasteiger partial charge in [0.15, 0.2) is 0 Å². The molecule has 1 fully saturated rings. The average molecular weight is 238 g/mol. The van der Waals surface area contributed by atoms with Crippen molar-refractivity contribution >= 4 is 5.78 Å². The maximum Gasteiger partial charge on any atom is 0.136 e. The summed E-state index contributed by atoms with van der Waals surface area (Å²) in [4.78, 5) is 12.2. The van der Waals surface area contributed by atoms with Gasteiger partial charge in [0.05, 0.1) is 0 Å². The van der Waals surface area contributed by atoms with Crippen molar-refractivity contribution in [3.63, 3.8) is 0 Å². The molecule has 3 unspecified atom stereocenters. The molecule has 0 aromatic carbocycles. The molecule has 0 spiro atoms. The van der Waals surface area contributed by atoms with E-state index in [2.05, 4.69) is 34.6 Å². The number of Topliss-reactive ketones (excluding diaryl/α,β-unsaturated/α-hetero) is 1. The van der Waals surface area contributed by atoms with E-state index in [1.54, 1.807) is 0 Å². The van der Waals surface area contributed by atoms with E-state index < -0.39 is 0 Å². The third kappa shape index (κ3) is 4.12. The number of rotatable bonds is 5. The summed E-state index contributed by atoms with van der Waals surface area (Å²) in [5.74, 6) is 2.21. The highest BCUT2D eigenvalue weighted by molar-refractivity contribution is 5.82. The van der Waals surface area contributed by atoms with Crippen LogP contribution >= 0.6 is 0 Å². The fourth-order valence-corrected chi connectivity index (χ4v) is 3.66. The molecular formula is C16H30O. The monoisotopic (exact) mass is 238 g/mol. The zero-order valence-corrected chi connectivity index (χ0v) is 12.4. The summed E-state index contributed by atoms with van der Waals surface area (Å²) >= 11 is 0. The van der Waals surface area contributed by atoms with E-state index in [0.717, 1.165) is 18.8 Å². The first-order valence-corrected chi connectivity index (χ1v) is 7.39. The van der Waals surface area contributed by atoms with Crippen molar-refractivity contribution in [2.45, 2.75) is 73.1 Å². The molecule has 1 heteroatoms. The highest BCUT2D eigenvalue weighted by Gasteiger charge is 2.38. The molecule has 0 aliphatic heterocycles. The Labute approximate surface area is 107 Å². The van der Waals surface area contributed by atoms with Gasteiger partial charge < -0.3 is 0 Å². The number of hydrogen-bond donors (Lipinski definition) is 0. The van der Waals surface area contributed by atoms with Gasteiger partial charge in [0, 0.05) is 12.3 Å². The Balaban J connectivity index is 2.59. The number of carbonyl (C=O) groups is 1. The van der Waals surface area contributed by atoms with E-state index in [1.165, 1.54) is 25.7 Å². The van der Waals surface area contributed by atoms with E-state index in [0.29, 0.717) is 17.6 Å². The van der Waals surface area contributed by atoms with Crippen molar-refractivity contribution in [2.24, 2.45) is 23.2 Å². The minimum Gasteiger partial charge on any atom is -0.299 e. The van der Waals surface area contributed by atoms with E-state index in [-0.39, 0.29) is 5.41 Å². The molecule has 1 nitrogen and oxygen atoms in total. The van der Waals surface area contributed by atoms with Crippen molar-refractivity contribution in [1.29, 1.82) is 0 Å². The Bertz CT molecular complexity index is 254. The second kappa shape index (κ2) is 6.02. The quantitative estimate of drug-likeness (QED) is 0.669. The summed E-state index contributed by atoms with van der Waals surface area (Å²) in [5.41, 5.74) is 0.200. The second-order valence-electron chi connectivity index (χ2n) is 6.99. The number of carbonyl (C=O) groups excluding carboxylic acids is 1. The zero-order chi connectivity index (χ0) is 13.1. The van der Waals surface area contributed by atoms with Crippen molar-refractivity contribution in [2.75, 3.05) is 0 Å². The SMILES string of the molecule is CCCC(C)CC(C)(C)C1CCC(C)CC1=O. The molecule has 17 heavy (non-hydrogen) atoms. The van der Waals surface area contributed by atoms with Crippen LogP contribution < -0.4 is 0 Å². The Morgan fingerprint density at radius 3 is 2.53 bits per heavy atom. The first-order valence-electron chi connectivity index (χ1n) is 7.39. The van der Waals surface area contributed by atoms with Crippen LogP contribution in [0.25, 0.3) is 0 Å². The molecule has 100 valence electrons. The average Bonchev–Trinajstić information content (AvgIpc) is 2.15. The number of ketones is 1. The van der Waals surface area contributed by atoms with Gasteiger partial charge in [-0.1, -0.05) is 47.5 Å². The smallest absolute Gasteiger partial charge is 0.136 e. The summed E-state index contributed by atoms with van der Waals surface area (Å²) in [6.45, 7) is 11.4. The topological polar surface area (TPSA) is 17.1 Å². The van der Waals surface area contributed by atoms with Crippen LogP contribution in [0.4, 0.5) is 0 Å². The lowest BCUT2D eigenvalue weighted by atomic mass is 9.65. The van der Waals surface area contributed by atoms with Crippen LogP contribution in [-0.4, -0.2) is 5.78 Å². The third-order valence-electron chi connectivity index (χ3n) is 4.49. The van der Waals surface area contributed by atoms with Gasteiger partial charge in [-0.25, -0.2) is 0 Å². The summed E-state index contributed by atoms with van der Waals surface area (Å²) < 4.78 is 0. The van der Waals surface area contributed by atoms with Crippen LogP contribution in [0.3, 0.4) is 0 Å². The van der Waals surface area contributed by atoms with Crippen molar-refractivity contribution in [1.82, 2.24) is 0 Å². The highest BCUT2D eigenvalue weighted by atomic mass is 16.1. The first kappa shape index (κ1) is 14.7. The molecule has 0 N–H and O–H groups in total. The van der Waals surface area contributed by atoms with Gasteiger partial charge in [-0.05, 0) is 36.5 Å². The lowest BCUT2D eigenvalue weighted by molar-refractivity contribution is -0.130. The molecule has 1 rings (SSSR count). The summed E-state index contributed by atoms with van der Waals surface area (Å²) in [6.07, 6.45) is 6.92. The largest absolute Gasteiger partial charge is 0.299 e. The van der Waals surface area contributed by atoms with E-state index in [9.17, 15) is 4.79 Å². The molecule has 0 saturated heterocycles. The Kier molecular flexibility index (Phi) is 5.22. The molecule has 0 aromatic rings. The van der Waals surface area contributed by atoms with E-state index in [1.807, 2.05) is 0 Å². The summed E-state index contributed by atoms with van der Waals surface area (Å²) in [6, 6.07) is 0. The molecule has 0 radical (unpaired) electrons. The van der Waals surface area contributed by atoms with Gasteiger partial charge in [-0.3, -0.25) is 4.79 Å². The standard InChI is InChI=1S/C16H30O/c1-6-7-13(3)11-16(4,5)14-9-8-12(2)10-15(14)17/h12-14H,6-11H2,1-5H3. The van der Waals surface area contributed by atoms with Crippen molar-refractivity contribution in [3.8, 4) is 0 Å². The van der Waals surface area contributed by atoms with Gasteiger partial charge in [0.1, 0.15) is 5.78 Å². The van der Waals surface area contributed by atoms with E-state index >= 15 is 0 Å². The van der Waals surface area contributed by atoms with Crippen molar-refractivity contribution < 1.29 is 4.79 Å². The lowest BCUT2D eigenvalue weighted by Gasteiger charge is -2.39. The maximum atomic E-state index is 12.2. The maximum absolute atomic E-state index is 12.2. The fraction of sp³-hybridized carbons (Fsp3) is 0.938. The summed E-state index contributed by atoms with van der Waals surface area (Å²) in [5, 5.41) is 0. The molecule has 0 aromatic heterocycles. The molecule has 0 amide bonds. The molecule has 1 saturated carbocycles. The molecule has 1 aliphatic carbocycles. The van der Waals surface area contributed by atoms with E-state index in [4.69, 9.17) is 0 Å². The second-order valence-corrected chi connectivity index (χ2v) is 6.99. The van der Waals surface area contributed by atoms with Crippen LogP contribution in [0.1, 0.15) is 73.1 Å². The van der Waals surface area contributed by atoms with Gasteiger partial charge in [-0.15, -0.1) is 0 Å². The highest BCUT2D eigenvalue weighted by Crippen LogP contribution is 2.42. The van der Waals surface area contributed by atoms with Crippen molar-refractivity contribution in [3.05, 3.63) is 0 Å². The van der Waals surface area contributed by atoms with Gasteiger partial charge in [0.2, 0.25) is 0 Å². The van der Waals surface area contributed by atoms with Crippen LogP contribution in [0.2, 0.25) is 0 Å². The molecule has 1 aliphatic rings. The van der Waals surface area contributed by atoms with Crippen LogP contribution in [0, 0.1) is 23.2 Å². The number of hydrogen-bond acceptors (Lipinski definition) is 1. The fourth-order valence-electron chi connectivity index (χ4n) is 3.66.